The molecule has 0 atom stereocenters. The van der Waals surface area contributed by atoms with Gasteiger partial charge in [0.25, 0.3) is 5.91 Å². The van der Waals surface area contributed by atoms with Gasteiger partial charge in [0.05, 0.1) is 19.4 Å². The van der Waals surface area contributed by atoms with Crippen LogP contribution in [0.1, 0.15) is 34.5 Å². The smallest absolute Gasteiger partial charge is 0.251 e. The van der Waals surface area contributed by atoms with E-state index >= 15 is 0 Å². The fraction of sp³-hybridized carbons (Fsp3) is 0.316. The molecule has 4 heteroatoms. The van der Waals surface area contributed by atoms with Crippen LogP contribution >= 0.6 is 0 Å². The predicted octanol–water partition coefficient (Wildman–Crippen LogP) is 2.81. The number of nitrogens with one attached hydrogen (secondary N) is 1. The van der Waals surface area contributed by atoms with Crippen molar-refractivity contribution < 1.29 is 9.21 Å². The molecule has 4 nitrogen and oxygen atoms in total. The van der Waals surface area contributed by atoms with Crippen molar-refractivity contribution in [3.8, 4) is 12.3 Å². The maximum Gasteiger partial charge on any atom is 0.251 e. The van der Waals surface area contributed by atoms with Gasteiger partial charge < -0.3 is 9.73 Å². The van der Waals surface area contributed by atoms with Gasteiger partial charge in [-0.05, 0) is 42.7 Å². The highest BCUT2D eigenvalue weighted by Gasteiger charge is 2.23. The van der Waals surface area contributed by atoms with Crippen molar-refractivity contribution in [1.29, 1.82) is 0 Å². The summed E-state index contributed by atoms with van der Waals surface area (Å²) in [5.41, 5.74) is 1.82. The van der Waals surface area contributed by atoms with E-state index in [0.29, 0.717) is 24.7 Å². The van der Waals surface area contributed by atoms with Gasteiger partial charge in [-0.25, -0.2) is 0 Å². The minimum atomic E-state index is 0.00937. The van der Waals surface area contributed by atoms with Crippen LogP contribution in [0.5, 0.6) is 0 Å². The van der Waals surface area contributed by atoms with Gasteiger partial charge in [-0.2, -0.15) is 0 Å². The Morgan fingerprint density at radius 3 is 2.65 bits per heavy atom. The third kappa shape index (κ3) is 4.48. The molecular weight excluding hydrogens is 288 g/mol. The summed E-state index contributed by atoms with van der Waals surface area (Å²) in [6, 6.07) is 11.9. The molecule has 2 aromatic rings. The van der Waals surface area contributed by atoms with Gasteiger partial charge in [0.2, 0.25) is 0 Å². The Hall–Kier alpha value is -2.51. The van der Waals surface area contributed by atoms with E-state index in [-0.39, 0.29) is 5.91 Å². The summed E-state index contributed by atoms with van der Waals surface area (Å²) in [7, 11) is 0. The SMILES string of the molecule is C#CCN(Cc1ccc(C(=O)NC2CC2)cc1)Cc1ccco1. The molecule has 118 valence electrons. The zero-order valence-electron chi connectivity index (χ0n) is 13.0. The van der Waals surface area contributed by atoms with Gasteiger partial charge in [0.1, 0.15) is 5.76 Å². The van der Waals surface area contributed by atoms with E-state index in [2.05, 4.69) is 16.1 Å². The number of hydrogen-bond acceptors (Lipinski definition) is 3. The predicted molar refractivity (Wildman–Crippen MR) is 88.6 cm³/mol. The van der Waals surface area contributed by atoms with Crippen LogP contribution in [0.4, 0.5) is 0 Å². The van der Waals surface area contributed by atoms with Crippen LogP contribution in [0.25, 0.3) is 0 Å². The lowest BCUT2D eigenvalue weighted by atomic mass is 10.1. The van der Waals surface area contributed by atoms with Crippen LogP contribution in [-0.2, 0) is 13.1 Å². The molecule has 0 bridgehead atoms. The first-order valence-corrected chi connectivity index (χ1v) is 7.82. The minimum Gasteiger partial charge on any atom is -0.468 e. The lowest BCUT2D eigenvalue weighted by Crippen LogP contribution is -2.25. The van der Waals surface area contributed by atoms with Crippen molar-refractivity contribution in [3.05, 3.63) is 59.5 Å². The molecule has 1 heterocycles. The maximum atomic E-state index is 12.0. The molecule has 3 rings (SSSR count). The zero-order chi connectivity index (χ0) is 16.1. The number of hydrogen-bond donors (Lipinski definition) is 1. The van der Waals surface area contributed by atoms with Crippen LogP contribution in [0, 0.1) is 12.3 Å². The zero-order valence-corrected chi connectivity index (χ0v) is 13.0. The Balaban J connectivity index is 1.60. The van der Waals surface area contributed by atoms with Gasteiger partial charge in [-0.15, -0.1) is 6.42 Å². The lowest BCUT2D eigenvalue weighted by molar-refractivity contribution is 0.0951. The summed E-state index contributed by atoms with van der Waals surface area (Å²) in [6.07, 6.45) is 9.31. The van der Waals surface area contributed by atoms with E-state index in [1.54, 1.807) is 6.26 Å². The van der Waals surface area contributed by atoms with Crippen LogP contribution in [0.15, 0.2) is 47.1 Å². The lowest BCUT2D eigenvalue weighted by Gasteiger charge is -2.18. The van der Waals surface area contributed by atoms with Crippen molar-refractivity contribution in [2.24, 2.45) is 0 Å². The van der Waals surface area contributed by atoms with Crippen molar-refractivity contribution >= 4 is 5.91 Å². The second-order valence-corrected chi connectivity index (χ2v) is 5.87. The Kier molecular flexibility index (Phi) is 4.80. The Morgan fingerprint density at radius 1 is 1.26 bits per heavy atom. The molecule has 1 aromatic heterocycles. The van der Waals surface area contributed by atoms with Gasteiger partial charge in [-0.3, -0.25) is 9.69 Å². The van der Waals surface area contributed by atoms with Gasteiger partial charge in [0, 0.05) is 18.2 Å². The summed E-state index contributed by atoms with van der Waals surface area (Å²) in [5.74, 6) is 3.58. The summed E-state index contributed by atoms with van der Waals surface area (Å²) in [4.78, 5) is 14.1. The highest BCUT2D eigenvalue weighted by atomic mass is 16.3. The minimum absolute atomic E-state index is 0.00937. The molecule has 1 amide bonds. The average Bonchev–Trinajstić information content (AvgIpc) is 3.21. The number of carbonyl (C=O) groups is 1. The maximum absolute atomic E-state index is 12.0. The van der Waals surface area contributed by atoms with Gasteiger partial charge >= 0.3 is 0 Å². The summed E-state index contributed by atoms with van der Waals surface area (Å²) < 4.78 is 5.38. The highest BCUT2D eigenvalue weighted by Crippen LogP contribution is 2.19. The molecule has 0 aliphatic heterocycles. The first-order valence-electron chi connectivity index (χ1n) is 7.82. The van der Waals surface area contributed by atoms with Gasteiger partial charge in [-0.1, -0.05) is 18.1 Å². The van der Waals surface area contributed by atoms with Crippen LogP contribution < -0.4 is 5.32 Å². The van der Waals surface area contributed by atoms with Crippen molar-refractivity contribution in [1.82, 2.24) is 10.2 Å². The third-order valence-corrected chi connectivity index (χ3v) is 3.81. The fourth-order valence-electron chi connectivity index (χ4n) is 2.44. The van der Waals surface area contributed by atoms with Crippen LogP contribution in [0.2, 0.25) is 0 Å². The molecule has 0 radical (unpaired) electrons. The number of carbonyl (C=O) groups excluding carboxylic acids is 1. The topological polar surface area (TPSA) is 45.5 Å². The van der Waals surface area contributed by atoms with Crippen LogP contribution in [0.3, 0.4) is 0 Å². The number of nitrogens with zero attached hydrogens (tertiary/aromatic N) is 1. The number of rotatable bonds is 7. The molecule has 1 fully saturated rings. The molecule has 1 N–H and O–H groups in total. The van der Waals surface area contributed by atoms with E-state index in [1.165, 1.54) is 0 Å². The molecule has 1 aliphatic rings. The van der Waals surface area contributed by atoms with E-state index in [4.69, 9.17) is 10.8 Å². The van der Waals surface area contributed by atoms with Crippen molar-refractivity contribution in [2.45, 2.75) is 32.0 Å². The number of amides is 1. The van der Waals surface area contributed by atoms with Crippen molar-refractivity contribution in [2.75, 3.05) is 6.54 Å². The third-order valence-electron chi connectivity index (χ3n) is 3.81. The monoisotopic (exact) mass is 308 g/mol. The highest BCUT2D eigenvalue weighted by molar-refractivity contribution is 5.94. The summed E-state index contributed by atoms with van der Waals surface area (Å²) in [6.45, 7) is 1.93. The standard InChI is InChI=1S/C19H20N2O2/c1-2-11-21(14-18-4-3-12-23-18)13-15-5-7-16(8-6-15)19(22)20-17-9-10-17/h1,3-8,12,17H,9-11,13-14H2,(H,20,22). The van der Waals surface area contributed by atoms with E-state index in [9.17, 15) is 4.79 Å². The van der Waals surface area contributed by atoms with E-state index in [1.807, 2.05) is 36.4 Å². The molecule has 0 unspecified atom stereocenters. The van der Waals surface area contributed by atoms with Crippen molar-refractivity contribution in [3.63, 3.8) is 0 Å². The van der Waals surface area contributed by atoms with E-state index in [0.717, 1.165) is 30.7 Å². The molecule has 1 aromatic carbocycles. The first-order chi connectivity index (χ1) is 11.2. The number of terminal acetylenes is 1. The second-order valence-electron chi connectivity index (χ2n) is 5.87. The normalized spacial score (nSPS) is 13.7. The molecular formula is C19H20N2O2. The summed E-state index contributed by atoms with van der Waals surface area (Å²) >= 11 is 0. The molecule has 1 aliphatic carbocycles. The fourth-order valence-corrected chi connectivity index (χ4v) is 2.44. The van der Waals surface area contributed by atoms with Gasteiger partial charge in [0.15, 0.2) is 0 Å². The Bertz CT molecular complexity index is 679. The summed E-state index contributed by atoms with van der Waals surface area (Å²) in [5, 5.41) is 2.99. The Labute approximate surface area is 136 Å². The Morgan fingerprint density at radius 2 is 2.04 bits per heavy atom. The number of furan rings is 1. The van der Waals surface area contributed by atoms with Crippen LogP contribution in [-0.4, -0.2) is 23.4 Å². The molecule has 23 heavy (non-hydrogen) atoms. The van der Waals surface area contributed by atoms with E-state index < -0.39 is 0 Å². The largest absolute Gasteiger partial charge is 0.468 e. The molecule has 1 saturated carbocycles. The first kappa shape index (κ1) is 15.4. The second kappa shape index (κ2) is 7.17. The molecule has 0 saturated heterocycles. The quantitative estimate of drug-likeness (QED) is 0.800. The average molecular weight is 308 g/mol. The molecule has 0 spiro atoms. The number of benzene rings is 1.